The number of epoxide rings is 1. The third-order valence-corrected chi connectivity index (χ3v) is 7.95. The van der Waals surface area contributed by atoms with Gasteiger partial charge in [0, 0.05) is 11.8 Å². The number of Topliss-reactive ketones (excluding diaryl/α,β-unsaturated/α-hetero) is 1. The number of carbonyl (C=O) groups is 1. The van der Waals surface area contributed by atoms with E-state index in [4.69, 9.17) is 4.74 Å². The van der Waals surface area contributed by atoms with Crippen LogP contribution in [0.1, 0.15) is 58.3 Å². The van der Waals surface area contributed by atoms with Crippen LogP contribution in [0.4, 0.5) is 0 Å². The molecule has 0 amide bonds. The summed E-state index contributed by atoms with van der Waals surface area (Å²) in [6.45, 7) is 2.29. The summed E-state index contributed by atoms with van der Waals surface area (Å²) >= 11 is 0. The number of ketones is 1. The molecule has 0 unspecified atom stereocenters. The molecule has 4 aliphatic carbocycles. The van der Waals surface area contributed by atoms with Gasteiger partial charge >= 0.3 is 0 Å². The maximum Gasteiger partial charge on any atom is 0.139 e. The lowest BCUT2D eigenvalue weighted by Gasteiger charge is -2.53. The molecule has 2 heteroatoms. The number of hydrogen-bond acceptors (Lipinski definition) is 2. The standard InChI is InChI=1S/C18H26O2/c1-18-7-6-11-12(14(18)4-5-17(18)19)3-2-10-8-15-16(20-15)9-13(10)11/h10-16H,2-9H2,1H3/t10-,11+,12-,13+,14+,15-,16+,18+/m1/s1. The number of ether oxygens (including phenoxy) is 1. The van der Waals surface area contributed by atoms with E-state index in [-0.39, 0.29) is 5.41 Å². The normalized spacial score (nSPS) is 60.2. The zero-order valence-corrected chi connectivity index (χ0v) is 12.5. The second-order valence-electron chi connectivity index (χ2n) is 8.54. The lowest BCUT2D eigenvalue weighted by atomic mass is 9.51. The van der Waals surface area contributed by atoms with E-state index < -0.39 is 0 Å². The zero-order valence-electron chi connectivity index (χ0n) is 12.5. The Labute approximate surface area is 121 Å². The van der Waals surface area contributed by atoms with Gasteiger partial charge < -0.3 is 4.74 Å². The van der Waals surface area contributed by atoms with E-state index in [1.807, 2.05) is 0 Å². The monoisotopic (exact) mass is 274 g/mol. The van der Waals surface area contributed by atoms with Gasteiger partial charge in [0.05, 0.1) is 12.2 Å². The topological polar surface area (TPSA) is 29.6 Å². The minimum atomic E-state index is 0.0568. The van der Waals surface area contributed by atoms with Gasteiger partial charge in [0.2, 0.25) is 0 Å². The fourth-order valence-electron chi connectivity index (χ4n) is 6.83. The maximum atomic E-state index is 12.3. The Morgan fingerprint density at radius 2 is 1.85 bits per heavy atom. The summed E-state index contributed by atoms with van der Waals surface area (Å²) in [5.41, 5.74) is 0.0568. The van der Waals surface area contributed by atoms with Crippen LogP contribution >= 0.6 is 0 Å². The molecule has 5 aliphatic rings. The van der Waals surface area contributed by atoms with Crippen molar-refractivity contribution < 1.29 is 9.53 Å². The summed E-state index contributed by atoms with van der Waals surface area (Å²) in [5.74, 6) is 4.95. The molecule has 0 spiro atoms. The highest BCUT2D eigenvalue weighted by Crippen LogP contribution is 2.62. The summed E-state index contributed by atoms with van der Waals surface area (Å²) in [6.07, 6.45) is 11.3. The second kappa shape index (κ2) is 3.88. The summed E-state index contributed by atoms with van der Waals surface area (Å²) in [5, 5.41) is 0. The molecule has 0 aromatic carbocycles. The van der Waals surface area contributed by atoms with Gasteiger partial charge in [-0.1, -0.05) is 6.92 Å². The molecular weight excluding hydrogens is 248 g/mol. The van der Waals surface area contributed by atoms with Crippen molar-refractivity contribution in [1.82, 2.24) is 0 Å². The Kier molecular flexibility index (Phi) is 2.37. The van der Waals surface area contributed by atoms with E-state index in [1.54, 1.807) is 0 Å². The summed E-state index contributed by atoms with van der Waals surface area (Å²) in [7, 11) is 0. The van der Waals surface area contributed by atoms with Crippen molar-refractivity contribution in [3.63, 3.8) is 0 Å². The van der Waals surface area contributed by atoms with Crippen LogP contribution in [0.25, 0.3) is 0 Å². The molecule has 0 N–H and O–H groups in total. The molecule has 1 heterocycles. The van der Waals surface area contributed by atoms with E-state index in [2.05, 4.69) is 6.92 Å². The van der Waals surface area contributed by atoms with Gasteiger partial charge in [-0.3, -0.25) is 4.79 Å². The zero-order chi connectivity index (χ0) is 13.5. The third kappa shape index (κ3) is 1.47. The van der Waals surface area contributed by atoms with E-state index >= 15 is 0 Å². The largest absolute Gasteiger partial charge is 0.370 e. The first-order valence-corrected chi connectivity index (χ1v) is 8.85. The average Bonchev–Trinajstić information content (AvgIpc) is 3.14. The molecular formula is C18H26O2. The summed E-state index contributed by atoms with van der Waals surface area (Å²) < 4.78 is 5.82. The quantitative estimate of drug-likeness (QED) is 0.632. The average molecular weight is 274 g/mol. The highest BCUT2D eigenvalue weighted by Gasteiger charge is 2.59. The maximum absolute atomic E-state index is 12.3. The van der Waals surface area contributed by atoms with Gasteiger partial charge in [-0.05, 0) is 74.5 Å². The molecule has 2 nitrogen and oxygen atoms in total. The van der Waals surface area contributed by atoms with Gasteiger partial charge in [0.1, 0.15) is 5.78 Å². The Hall–Kier alpha value is -0.370. The van der Waals surface area contributed by atoms with Crippen molar-refractivity contribution in [1.29, 1.82) is 0 Å². The van der Waals surface area contributed by atoms with Gasteiger partial charge in [0.15, 0.2) is 0 Å². The minimum absolute atomic E-state index is 0.0568. The molecule has 5 fully saturated rings. The predicted octanol–water partition coefficient (Wildman–Crippen LogP) is 3.59. The predicted molar refractivity (Wildman–Crippen MR) is 76.2 cm³/mol. The van der Waals surface area contributed by atoms with Crippen LogP contribution in [0.5, 0.6) is 0 Å². The van der Waals surface area contributed by atoms with Gasteiger partial charge in [-0.25, -0.2) is 0 Å². The highest BCUT2D eigenvalue weighted by molar-refractivity contribution is 5.87. The molecule has 1 aliphatic heterocycles. The Morgan fingerprint density at radius 1 is 1.00 bits per heavy atom. The molecule has 0 bridgehead atoms. The molecule has 0 aromatic rings. The van der Waals surface area contributed by atoms with Crippen molar-refractivity contribution in [3.8, 4) is 0 Å². The molecule has 110 valence electrons. The molecule has 1 saturated heterocycles. The molecule has 8 atom stereocenters. The molecule has 0 aromatic heterocycles. The highest BCUT2D eigenvalue weighted by atomic mass is 16.6. The fourth-order valence-corrected chi connectivity index (χ4v) is 6.83. The Bertz CT molecular complexity index is 458. The lowest BCUT2D eigenvalue weighted by molar-refractivity contribution is -0.132. The van der Waals surface area contributed by atoms with E-state index in [0.717, 1.165) is 30.1 Å². The van der Waals surface area contributed by atoms with Crippen molar-refractivity contribution in [2.75, 3.05) is 0 Å². The van der Waals surface area contributed by atoms with E-state index in [1.165, 1.54) is 44.9 Å². The van der Waals surface area contributed by atoms with Crippen LogP contribution in [0.3, 0.4) is 0 Å². The number of fused-ring (bicyclic) bond motifs is 6. The van der Waals surface area contributed by atoms with Crippen LogP contribution < -0.4 is 0 Å². The number of carbonyl (C=O) groups excluding carboxylic acids is 1. The second-order valence-corrected chi connectivity index (χ2v) is 8.54. The lowest BCUT2D eigenvalue weighted by Crippen LogP contribution is -2.48. The van der Waals surface area contributed by atoms with Crippen molar-refractivity contribution in [2.24, 2.45) is 35.0 Å². The SMILES string of the molecule is C[C@]12CC[C@H]3[C@@H](CC[C@@H]4C[C@H]5O[C@H]5C[C@@H]43)[C@@H]1CCC2=O. The van der Waals surface area contributed by atoms with Crippen molar-refractivity contribution in [2.45, 2.75) is 70.5 Å². The third-order valence-electron chi connectivity index (χ3n) is 7.95. The molecule has 4 saturated carbocycles. The first kappa shape index (κ1) is 12.2. The van der Waals surface area contributed by atoms with Crippen molar-refractivity contribution in [3.05, 3.63) is 0 Å². The van der Waals surface area contributed by atoms with Crippen LogP contribution in [-0.4, -0.2) is 18.0 Å². The van der Waals surface area contributed by atoms with Crippen LogP contribution in [0, 0.1) is 35.0 Å². The van der Waals surface area contributed by atoms with Gasteiger partial charge in [-0.2, -0.15) is 0 Å². The van der Waals surface area contributed by atoms with Gasteiger partial charge in [0.25, 0.3) is 0 Å². The van der Waals surface area contributed by atoms with Crippen LogP contribution in [0.15, 0.2) is 0 Å². The van der Waals surface area contributed by atoms with E-state index in [9.17, 15) is 4.79 Å². The molecule has 20 heavy (non-hydrogen) atoms. The fraction of sp³-hybridized carbons (Fsp3) is 0.944. The number of hydrogen-bond donors (Lipinski definition) is 0. The summed E-state index contributed by atoms with van der Waals surface area (Å²) in [6, 6.07) is 0. The van der Waals surface area contributed by atoms with E-state index in [0.29, 0.717) is 23.9 Å². The Balaban J connectivity index is 1.44. The van der Waals surface area contributed by atoms with Crippen LogP contribution in [0.2, 0.25) is 0 Å². The van der Waals surface area contributed by atoms with Gasteiger partial charge in [-0.15, -0.1) is 0 Å². The molecule has 0 radical (unpaired) electrons. The first-order chi connectivity index (χ1) is 9.67. The minimum Gasteiger partial charge on any atom is -0.370 e. The Morgan fingerprint density at radius 3 is 2.75 bits per heavy atom. The summed E-state index contributed by atoms with van der Waals surface area (Å²) in [4.78, 5) is 12.3. The van der Waals surface area contributed by atoms with Crippen LogP contribution in [-0.2, 0) is 9.53 Å². The molecule has 5 rings (SSSR count). The smallest absolute Gasteiger partial charge is 0.139 e. The van der Waals surface area contributed by atoms with Crippen molar-refractivity contribution >= 4 is 5.78 Å². The first-order valence-electron chi connectivity index (χ1n) is 8.85. The number of rotatable bonds is 0.